The number of carbonyl (C=O) groups excluding carboxylic acids is 1. The highest BCUT2D eigenvalue weighted by atomic mass is 19.1. The Balaban J connectivity index is 2.03. The number of aliphatic hydroxyl groups is 1. The Hall–Kier alpha value is -2.74. The van der Waals surface area contributed by atoms with Gasteiger partial charge in [-0.25, -0.2) is 14.4 Å². The van der Waals surface area contributed by atoms with Crippen LogP contribution in [0.4, 0.5) is 10.2 Å². The number of ether oxygens (including phenoxy) is 1. The molecule has 0 atom stereocenters. The second kappa shape index (κ2) is 7.50. The van der Waals surface area contributed by atoms with Crippen molar-refractivity contribution in [3.63, 3.8) is 0 Å². The fraction of sp³-hybridized carbons (Fsp3) is 0.267. The van der Waals surface area contributed by atoms with Crippen LogP contribution in [-0.4, -0.2) is 34.2 Å². The highest BCUT2D eigenvalue weighted by molar-refractivity contribution is 5.92. The van der Waals surface area contributed by atoms with Crippen molar-refractivity contribution in [1.29, 1.82) is 0 Å². The maximum absolute atomic E-state index is 13.5. The molecule has 0 spiro atoms. The van der Waals surface area contributed by atoms with Crippen molar-refractivity contribution in [2.45, 2.75) is 13.5 Å². The molecule has 1 amide bonds. The zero-order chi connectivity index (χ0) is 16.8. The largest absolute Gasteiger partial charge is 0.488 e. The second-order valence-corrected chi connectivity index (χ2v) is 4.74. The topological polar surface area (TPSA) is 110 Å². The minimum absolute atomic E-state index is 0.00772. The van der Waals surface area contributed by atoms with Gasteiger partial charge in [0, 0.05) is 12.6 Å². The van der Waals surface area contributed by atoms with E-state index in [9.17, 15) is 9.18 Å². The van der Waals surface area contributed by atoms with Crippen molar-refractivity contribution in [1.82, 2.24) is 15.3 Å². The Morgan fingerprint density at radius 1 is 1.39 bits per heavy atom. The SMILES string of the molecule is Cc1nc(N)cc(C(=O)NCc2ccc(F)c(OCCO)c2)n1. The van der Waals surface area contributed by atoms with Crippen LogP contribution >= 0.6 is 0 Å². The molecule has 2 rings (SSSR count). The molecule has 0 aliphatic heterocycles. The van der Waals surface area contributed by atoms with Crippen molar-refractivity contribution in [2.24, 2.45) is 0 Å². The van der Waals surface area contributed by atoms with Crippen LogP contribution in [0.1, 0.15) is 21.9 Å². The molecule has 0 radical (unpaired) electrons. The van der Waals surface area contributed by atoms with Gasteiger partial charge < -0.3 is 20.9 Å². The van der Waals surface area contributed by atoms with E-state index in [1.54, 1.807) is 6.92 Å². The van der Waals surface area contributed by atoms with Gasteiger partial charge in [-0.05, 0) is 24.6 Å². The van der Waals surface area contributed by atoms with Crippen LogP contribution in [0.5, 0.6) is 5.75 Å². The number of benzene rings is 1. The highest BCUT2D eigenvalue weighted by Crippen LogP contribution is 2.18. The summed E-state index contributed by atoms with van der Waals surface area (Å²) in [6.45, 7) is 1.58. The summed E-state index contributed by atoms with van der Waals surface area (Å²) in [6.07, 6.45) is 0. The van der Waals surface area contributed by atoms with Crippen molar-refractivity contribution >= 4 is 11.7 Å². The van der Waals surface area contributed by atoms with E-state index in [-0.39, 0.29) is 37.0 Å². The molecule has 0 saturated carbocycles. The molecule has 0 saturated heterocycles. The number of anilines is 1. The summed E-state index contributed by atoms with van der Waals surface area (Å²) in [7, 11) is 0. The monoisotopic (exact) mass is 320 g/mol. The molecule has 0 unspecified atom stereocenters. The fourth-order valence-electron chi connectivity index (χ4n) is 1.90. The summed E-state index contributed by atoms with van der Waals surface area (Å²) in [5, 5.41) is 11.4. The summed E-state index contributed by atoms with van der Waals surface area (Å²) in [5.74, 6) is -0.314. The maximum atomic E-state index is 13.5. The third kappa shape index (κ3) is 4.62. The summed E-state index contributed by atoms with van der Waals surface area (Å²) in [6, 6.07) is 5.61. The van der Waals surface area contributed by atoms with Gasteiger partial charge in [-0.3, -0.25) is 4.79 Å². The number of nitrogen functional groups attached to an aromatic ring is 1. The zero-order valence-corrected chi connectivity index (χ0v) is 12.5. The third-order valence-corrected chi connectivity index (χ3v) is 2.89. The predicted octanol–water partition coefficient (Wildman–Crippen LogP) is 0.807. The van der Waals surface area contributed by atoms with Gasteiger partial charge in [-0.2, -0.15) is 0 Å². The number of hydrogen-bond acceptors (Lipinski definition) is 6. The van der Waals surface area contributed by atoms with Crippen LogP contribution in [0.15, 0.2) is 24.3 Å². The van der Waals surface area contributed by atoms with Gasteiger partial charge in [0.15, 0.2) is 11.6 Å². The third-order valence-electron chi connectivity index (χ3n) is 2.89. The van der Waals surface area contributed by atoms with Gasteiger partial charge in [-0.15, -0.1) is 0 Å². The lowest BCUT2D eigenvalue weighted by molar-refractivity contribution is 0.0945. The van der Waals surface area contributed by atoms with E-state index in [1.165, 1.54) is 24.3 Å². The summed E-state index contributed by atoms with van der Waals surface area (Å²) in [4.78, 5) is 19.9. The lowest BCUT2D eigenvalue weighted by atomic mass is 10.2. The molecule has 1 aromatic carbocycles. The molecule has 0 bridgehead atoms. The fourth-order valence-corrected chi connectivity index (χ4v) is 1.90. The second-order valence-electron chi connectivity index (χ2n) is 4.74. The summed E-state index contributed by atoms with van der Waals surface area (Å²) >= 11 is 0. The van der Waals surface area contributed by atoms with E-state index in [2.05, 4.69) is 15.3 Å². The van der Waals surface area contributed by atoms with Gasteiger partial charge in [0.1, 0.15) is 23.9 Å². The highest BCUT2D eigenvalue weighted by Gasteiger charge is 2.10. The van der Waals surface area contributed by atoms with Crippen LogP contribution in [0.3, 0.4) is 0 Å². The number of aromatic nitrogens is 2. The number of nitrogens with zero attached hydrogens (tertiary/aromatic N) is 2. The first-order valence-electron chi connectivity index (χ1n) is 6.91. The van der Waals surface area contributed by atoms with Crippen molar-refractivity contribution in [3.05, 3.63) is 47.2 Å². The van der Waals surface area contributed by atoms with Gasteiger partial charge in [-0.1, -0.05) is 6.07 Å². The lowest BCUT2D eigenvalue weighted by Gasteiger charge is -2.09. The number of carbonyl (C=O) groups is 1. The lowest BCUT2D eigenvalue weighted by Crippen LogP contribution is -2.24. The Morgan fingerprint density at radius 2 is 2.17 bits per heavy atom. The minimum atomic E-state index is -0.535. The summed E-state index contributed by atoms with van der Waals surface area (Å²) < 4.78 is 18.6. The summed E-state index contributed by atoms with van der Waals surface area (Å²) in [5.41, 5.74) is 6.38. The van der Waals surface area contributed by atoms with Crippen molar-refractivity contribution < 1.29 is 19.0 Å². The number of nitrogens with one attached hydrogen (secondary N) is 1. The van der Waals surface area contributed by atoms with Crippen LogP contribution < -0.4 is 15.8 Å². The van der Waals surface area contributed by atoms with Crippen LogP contribution in [0, 0.1) is 12.7 Å². The number of aliphatic hydroxyl groups excluding tert-OH is 1. The average molecular weight is 320 g/mol. The predicted molar refractivity (Wildman–Crippen MR) is 81.3 cm³/mol. The number of rotatable bonds is 6. The number of amides is 1. The molecule has 7 nitrogen and oxygen atoms in total. The average Bonchev–Trinajstić information content (AvgIpc) is 2.51. The molecular weight excluding hydrogens is 303 g/mol. The quantitative estimate of drug-likeness (QED) is 0.726. The Morgan fingerprint density at radius 3 is 2.87 bits per heavy atom. The van der Waals surface area contributed by atoms with E-state index in [0.717, 1.165) is 0 Å². The molecule has 0 fully saturated rings. The molecule has 1 aromatic heterocycles. The number of halogens is 1. The molecule has 8 heteroatoms. The van der Waals surface area contributed by atoms with Gasteiger partial charge in [0.2, 0.25) is 0 Å². The molecule has 1 heterocycles. The minimum Gasteiger partial charge on any atom is -0.488 e. The van der Waals surface area contributed by atoms with Crippen LogP contribution in [0.2, 0.25) is 0 Å². The van der Waals surface area contributed by atoms with Crippen molar-refractivity contribution in [2.75, 3.05) is 18.9 Å². The molecule has 122 valence electrons. The molecular formula is C15H17FN4O3. The molecule has 0 aliphatic rings. The molecule has 23 heavy (non-hydrogen) atoms. The first-order chi connectivity index (χ1) is 11.0. The smallest absolute Gasteiger partial charge is 0.270 e. The normalized spacial score (nSPS) is 10.4. The van der Waals surface area contributed by atoms with E-state index in [4.69, 9.17) is 15.6 Å². The molecule has 4 N–H and O–H groups in total. The molecule has 0 aliphatic carbocycles. The first kappa shape index (κ1) is 16.6. The first-order valence-corrected chi connectivity index (χ1v) is 6.91. The Bertz CT molecular complexity index is 689. The number of nitrogens with two attached hydrogens (primary N) is 1. The van der Waals surface area contributed by atoms with E-state index in [1.807, 2.05) is 0 Å². The van der Waals surface area contributed by atoms with E-state index in [0.29, 0.717) is 11.4 Å². The standard InChI is InChI=1S/C15H17FN4O3/c1-9-19-12(7-14(17)20-9)15(22)18-8-10-2-3-11(16)13(6-10)23-5-4-21/h2-3,6-7,21H,4-5,8H2,1H3,(H,18,22)(H2,17,19,20). The Labute approximate surface area is 132 Å². The van der Waals surface area contributed by atoms with E-state index < -0.39 is 11.7 Å². The van der Waals surface area contributed by atoms with Gasteiger partial charge >= 0.3 is 0 Å². The molecule has 2 aromatic rings. The van der Waals surface area contributed by atoms with Gasteiger partial charge in [0.25, 0.3) is 5.91 Å². The van der Waals surface area contributed by atoms with Gasteiger partial charge in [0.05, 0.1) is 6.61 Å². The van der Waals surface area contributed by atoms with Crippen LogP contribution in [-0.2, 0) is 6.54 Å². The van der Waals surface area contributed by atoms with Crippen LogP contribution in [0.25, 0.3) is 0 Å². The maximum Gasteiger partial charge on any atom is 0.270 e. The Kier molecular flexibility index (Phi) is 5.42. The number of aryl methyl sites for hydroxylation is 1. The van der Waals surface area contributed by atoms with Crippen molar-refractivity contribution in [3.8, 4) is 5.75 Å². The van der Waals surface area contributed by atoms with E-state index >= 15 is 0 Å². The number of hydrogen-bond donors (Lipinski definition) is 3. The zero-order valence-electron chi connectivity index (χ0n) is 12.5.